The van der Waals surface area contributed by atoms with E-state index in [1.807, 2.05) is 24.0 Å². The number of aliphatic hydroxyl groups is 1. The number of fused-ring (bicyclic) bond motifs is 1. The zero-order valence-corrected chi connectivity index (χ0v) is 20.3. The molecule has 192 valence electrons. The fourth-order valence-electron chi connectivity index (χ4n) is 5.36. The lowest BCUT2D eigenvalue weighted by molar-refractivity contribution is 0.0352. The number of likely N-dealkylation sites (tertiary alicyclic amines) is 1. The van der Waals surface area contributed by atoms with Gasteiger partial charge >= 0.3 is 0 Å². The van der Waals surface area contributed by atoms with Crippen LogP contribution in [0.5, 0.6) is 0 Å². The van der Waals surface area contributed by atoms with Crippen LogP contribution in [0.3, 0.4) is 0 Å². The number of aliphatic hydroxyl groups excluding tert-OH is 1. The molecule has 2 aliphatic heterocycles. The van der Waals surface area contributed by atoms with E-state index in [2.05, 4.69) is 20.4 Å². The van der Waals surface area contributed by atoms with Gasteiger partial charge in [0.2, 0.25) is 5.95 Å². The molecule has 2 N–H and O–H groups in total. The second kappa shape index (κ2) is 8.83. The highest BCUT2D eigenvalue weighted by atomic mass is 35.5. The van der Waals surface area contributed by atoms with Gasteiger partial charge in [-0.25, -0.2) is 27.8 Å². The minimum absolute atomic E-state index is 0.0651. The van der Waals surface area contributed by atoms with E-state index in [-0.39, 0.29) is 36.0 Å². The standard InChI is InChI=1S/C24H26ClF3N6O2/c1-12-4-13-7-29-23(32-18-8-30-34(22(18)25)21-6-24(21,27)28)31-17(13)5-15(12)14-2-3-33(9-16(14)26)19-10-36-11-20(19)35/h4-5,7-8,14,16,19-21,35H,2-3,6,9-11H2,1H3,(H,29,31,32)/t14-,16?,19?,20+,21?/m0/s1. The highest BCUT2D eigenvalue weighted by Gasteiger charge is 2.59. The Morgan fingerprint density at radius 3 is 2.75 bits per heavy atom. The SMILES string of the molecule is Cc1cc2cnc(Nc3cnn(C4CC4(F)F)c3Cl)nc2cc1[C@@H]1CCN(C2COC[C@H]2O)CC1F. The molecule has 4 heterocycles. The molecule has 3 fully saturated rings. The van der Waals surface area contributed by atoms with Crippen LogP contribution in [0.4, 0.5) is 24.8 Å². The van der Waals surface area contributed by atoms with E-state index < -0.39 is 24.2 Å². The van der Waals surface area contributed by atoms with Gasteiger partial charge in [-0.15, -0.1) is 0 Å². The fraction of sp³-hybridized carbons (Fsp3) is 0.542. The molecule has 0 bridgehead atoms. The third-order valence-electron chi connectivity index (χ3n) is 7.50. The Bertz CT molecular complexity index is 1310. The van der Waals surface area contributed by atoms with Gasteiger partial charge in [0.1, 0.15) is 12.2 Å². The van der Waals surface area contributed by atoms with Gasteiger partial charge in [0.05, 0.1) is 42.8 Å². The van der Waals surface area contributed by atoms with E-state index in [0.717, 1.165) is 21.2 Å². The number of aryl methyl sites for hydroxylation is 1. The smallest absolute Gasteiger partial charge is 0.272 e. The fourth-order valence-corrected chi connectivity index (χ4v) is 5.62. The molecule has 3 aromatic rings. The van der Waals surface area contributed by atoms with Crippen LogP contribution in [0, 0.1) is 6.92 Å². The van der Waals surface area contributed by atoms with Crippen LogP contribution in [0.15, 0.2) is 24.5 Å². The number of hydrogen-bond acceptors (Lipinski definition) is 7. The van der Waals surface area contributed by atoms with E-state index in [1.54, 1.807) is 6.20 Å². The van der Waals surface area contributed by atoms with Crippen molar-refractivity contribution in [1.82, 2.24) is 24.6 Å². The molecule has 1 aromatic carbocycles. The molecular weight excluding hydrogens is 497 g/mol. The van der Waals surface area contributed by atoms with Gasteiger partial charge in [0.25, 0.3) is 5.92 Å². The number of alkyl halides is 3. The monoisotopic (exact) mass is 522 g/mol. The lowest BCUT2D eigenvalue weighted by Gasteiger charge is -2.39. The maximum absolute atomic E-state index is 15.4. The molecule has 12 heteroatoms. The molecule has 0 radical (unpaired) electrons. The second-order valence-corrected chi connectivity index (χ2v) is 10.3. The molecule has 5 atom stereocenters. The number of anilines is 2. The van der Waals surface area contributed by atoms with Crippen LogP contribution in [-0.4, -0.2) is 80.3 Å². The molecule has 3 unspecified atom stereocenters. The van der Waals surface area contributed by atoms with Crippen LogP contribution in [-0.2, 0) is 4.74 Å². The van der Waals surface area contributed by atoms with Crippen LogP contribution in [0.25, 0.3) is 10.9 Å². The summed E-state index contributed by atoms with van der Waals surface area (Å²) in [6, 6.07) is 2.65. The number of halogens is 4. The van der Waals surface area contributed by atoms with E-state index in [4.69, 9.17) is 16.3 Å². The van der Waals surface area contributed by atoms with E-state index in [1.165, 1.54) is 6.20 Å². The van der Waals surface area contributed by atoms with Crippen LogP contribution >= 0.6 is 11.6 Å². The topological polar surface area (TPSA) is 88.3 Å². The summed E-state index contributed by atoms with van der Waals surface area (Å²) in [4.78, 5) is 10.9. The zero-order chi connectivity index (χ0) is 25.2. The molecular formula is C24H26ClF3N6O2. The number of aromatic nitrogens is 4. The van der Waals surface area contributed by atoms with Gasteiger partial charge in [0, 0.05) is 30.5 Å². The predicted octanol–water partition coefficient (Wildman–Crippen LogP) is 4.00. The van der Waals surface area contributed by atoms with Gasteiger partial charge in [-0.1, -0.05) is 11.6 Å². The van der Waals surface area contributed by atoms with Crippen molar-refractivity contribution >= 4 is 34.1 Å². The van der Waals surface area contributed by atoms with Crippen molar-refractivity contribution in [1.29, 1.82) is 0 Å². The summed E-state index contributed by atoms with van der Waals surface area (Å²) < 4.78 is 48.7. The predicted molar refractivity (Wildman–Crippen MR) is 128 cm³/mol. The van der Waals surface area contributed by atoms with Crippen molar-refractivity contribution in [2.24, 2.45) is 0 Å². The number of piperidine rings is 1. The van der Waals surface area contributed by atoms with Gasteiger partial charge < -0.3 is 15.2 Å². The largest absolute Gasteiger partial charge is 0.389 e. The van der Waals surface area contributed by atoms with Crippen LogP contribution in [0.1, 0.15) is 35.9 Å². The number of hydrogen-bond donors (Lipinski definition) is 2. The minimum Gasteiger partial charge on any atom is -0.389 e. The Hall–Kier alpha value is -2.47. The molecule has 0 spiro atoms. The summed E-state index contributed by atoms with van der Waals surface area (Å²) >= 11 is 6.27. The van der Waals surface area contributed by atoms with Crippen molar-refractivity contribution in [3.8, 4) is 0 Å². The van der Waals surface area contributed by atoms with Crippen LogP contribution < -0.4 is 5.32 Å². The van der Waals surface area contributed by atoms with E-state index in [0.29, 0.717) is 37.4 Å². The Balaban J connectivity index is 1.22. The Kier molecular flexibility index (Phi) is 5.86. The first-order valence-corrected chi connectivity index (χ1v) is 12.4. The number of benzene rings is 1. The lowest BCUT2D eigenvalue weighted by atomic mass is 9.84. The second-order valence-electron chi connectivity index (χ2n) is 9.94. The van der Waals surface area contributed by atoms with E-state index in [9.17, 15) is 13.9 Å². The van der Waals surface area contributed by atoms with Crippen molar-refractivity contribution in [2.75, 3.05) is 31.6 Å². The number of ether oxygens (including phenoxy) is 1. The molecule has 2 aromatic heterocycles. The van der Waals surface area contributed by atoms with Gasteiger partial charge in [-0.2, -0.15) is 5.10 Å². The molecule has 1 saturated carbocycles. The Morgan fingerprint density at radius 1 is 1.25 bits per heavy atom. The highest BCUT2D eigenvalue weighted by Crippen LogP contribution is 2.53. The summed E-state index contributed by atoms with van der Waals surface area (Å²) in [7, 11) is 0. The summed E-state index contributed by atoms with van der Waals surface area (Å²) in [5.41, 5.74) is 2.83. The molecule has 2 saturated heterocycles. The number of nitrogens with one attached hydrogen (secondary N) is 1. The van der Waals surface area contributed by atoms with Crippen molar-refractivity contribution in [3.05, 3.63) is 40.8 Å². The highest BCUT2D eigenvalue weighted by molar-refractivity contribution is 6.32. The lowest BCUT2D eigenvalue weighted by Crippen LogP contribution is -2.50. The summed E-state index contributed by atoms with van der Waals surface area (Å²) in [6.45, 7) is 3.59. The van der Waals surface area contributed by atoms with E-state index >= 15 is 4.39 Å². The molecule has 8 nitrogen and oxygen atoms in total. The quantitative estimate of drug-likeness (QED) is 0.523. The Labute approximate surface area is 210 Å². The minimum atomic E-state index is -2.80. The van der Waals surface area contributed by atoms with Gasteiger partial charge in [-0.3, -0.25) is 4.90 Å². The first-order chi connectivity index (χ1) is 17.2. The molecule has 0 amide bonds. The average Bonchev–Trinajstić information content (AvgIpc) is 3.12. The average molecular weight is 523 g/mol. The van der Waals surface area contributed by atoms with Gasteiger partial charge in [0.15, 0.2) is 5.15 Å². The van der Waals surface area contributed by atoms with Crippen LogP contribution in [0.2, 0.25) is 5.15 Å². The van der Waals surface area contributed by atoms with Gasteiger partial charge in [-0.05, 0) is 43.1 Å². The maximum Gasteiger partial charge on any atom is 0.272 e. The molecule has 1 aliphatic carbocycles. The normalized spacial score (nSPS) is 30.1. The number of rotatable bonds is 5. The van der Waals surface area contributed by atoms with Crippen molar-refractivity contribution < 1.29 is 23.0 Å². The first-order valence-electron chi connectivity index (χ1n) is 12.0. The third-order valence-corrected chi connectivity index (χ3v) is 7.88. The molecule has 36 heavy (non-hydrogen) atoms. The third kappa shape index (κ3) is 4.21. The summed E-state index contributed by atoms with van der Waals surface area (Å²) in [5, 5.41) is 17.9. The molecule has 6 rings (SSSR count). The summed E-state index contributed by atoms with van der Waals surface area (Å²) in [5.74, 6) is -2.84. The van der Waals surface area contributed by atoms with Crippen molar-refractivity contribution in [3.63, 3.8) is 0 Å². The maximum atomic E-state index is 15.4. The first kappa shape index (κ1) is 23.9. The Morgan fingerprint density at radius 2 is 2.06 bits per heavy atom. The summed E-state index contributed by atoms with van der Waals surface area (Å²) in [6.07, 6.45) is 1.69. The number of nitrogens with zero attached hydrogens (tertiary/aromatic N) is 5. The zero-order valence-electron chi connectivity index (χ0n) is 19.5. The molecule has 3 aliphatic rings. The van der Waals surface area contributed by atoms with Crippen molar-refractivity contribution in [2.45, 2.75) is 56.0 Å².